The first-order chi connectivity index (χ1) is 13.6. The van der Waals surface area contributed by atoms with Gasteiger partial charge in [-0.1, -0.05) is 18.5 Å². The van der Waals surface area contributed by atoms with Crippen LogP contribution in [-0.2, 0) is 11.2 Å². The van der Waals surface area contributed by atoms with Crippen molar-refractivity contribution in [2.75, 3.05) is 37.7 Å². The molecule has 1 saturated heterocycles. The van der Waals surface area contributed by atoms with Crippen LogP contribution in [0.5, 0.6) is 5.75 Å². The maximum atomic E-state index is 12.4. The third-order valence-electron chi connectivity index (χ3n) is 4.84. The minimum Gasteiger partial charge on any atom is -0.484 e. The van der Waals surface area contributed by atoms with Gasteiger partial charge in [-0.15, -0.1) is 10.2 Å². The zero-order chi connectivity index (χ0) is 19.5. The maximum absolute atomic E-state index is 12.4. The fourth-order valence-corrected chi connectivity index (χ4v) is 3.37. The van der Waals surface area contributed by atoms with E-state index in [4.69, 9.17) is 16.3 Å². The van der Waals surface area contributed by atoms with Gasteiger partial charge in [0.1, 0.15) is 17.9 Å². The number of amides is 1. The molecule has 1 amide bonds. The Morgan fingerprint density at radius 2 is 1.93 bits per heavy atom. The highest BCUT2D eigenvalue weighted by Crippen LogP contribution is 2.18. The number of hydrogen-bond acceptors (Lipinski definition) is 6. The van der Waals surface area contributed by atoms with E-state index in [0.29, 0.717) is 42.7 Å². The molecule has 28 heavy (non-hydrogen) atoms. The van der Waals surface area contributed by atoms with E-state index in [1.54, 1.807) is 30.6 Å². The molecule has 0 saturated carbocycles. The molecule has 0 atom stereocenters. The summed E-state index contributed by atoms with van der Waals surface area (Å²) in [6.45, 7) is 4.80. The number of carbonyl (C=O) groups excluding carboxylic acids is 1. The highest BCUT2D eigenvalue weighted by Gasteiger charge is 2.23. The highest BCUT2D eigenvalue weighted by molar-refractivity contribution is 6.30. The second-order valence-corrected chi connectivity index (χ2v) is 7.01. The van der Waals surface area contributed by atoms with Gasteiger partial charge in [-0.2, -0.15) is 4.98 Å². The summed E-state index contributed by atoms with van der Waals surface area (Å²) in [5.41, 5.74) is 1.11. The second kappa shape index (κ2) is 8.02. The van der Waals surface area contributed by atoms with E-state index in [-0.39, 0.29) is 12.5 Å². The van der Waals surface area contributed by atoms with E-state index >= 15 is 0 Å². The number of benzene rings is 1. The van der Waals surface area contributed by atoms with Gasteiger partial charge in [0.2, 0.25) is 0 Å². The lowest BCUT2D eigenvalue weighted by molar-refractivity contribution is -0.133. The summed E-state index contributed by atoms with van der Waals surface area (Å²) in [6, 6.07) is 9.06. The lowest BCUT2D eigenvalue weighted by atomic mass is 10.2. The van der Waals surface area contributed by atoms with E-state index in [0.717, 1.165) is 17.9 Å². The molecule has 3 aromatic rings. The number of rotatable bonds is 5. The Bertz CT molecular complexity index is 966. The first kappa shape index (κ1) is 18.5. The summed E-state index contributed by atoms with van der Waals surface area (Å²) >= 11 is 5.86. The van der Waals surface area contributed by atoms with Crippen LogP contribution >= 0.6 is 11.6 Å². The largest absolute Gasteiger partial charge is 0.484 e. The number of nitrogens with zero attached hydrogens (tertiary/aromatic N) is 6. The number of piperazine rings is 1. The van der Waals surface area contributed by atoms with Crippen molar-refractivity contribution >= 4 is 29.1 Å². The molecule has 0 bridgehead atoms. The van der Waals surface area contributed by atoms with E-state index in [9.17, 15) is 4.79 Å². The van der Waals surface area contributed by atoms with E-state index in [2.05, 4.69) is 33.1 Å². The van der Waals surface area contributed by atoms with Crippen LogP contribution < -0.4 is 9.64 Å². The van der Waals surface area contributed by atoms with Gasteiger partial charge in [-0.05, 0) is 30.7 Å². The average molecular weight is 401 g/mol. The summed E-state index contributed by atoms with van der Waals surface area (Å²) in [7, 11) is 0. The topological polar surface area (TPSA) is 75.9 Å². The van der Waals surface area contributed by atoms with E-state index in [1.807, 2.05) is 9.30 Å². The van der Waals surface area contributed by atoms with Crippen LogP contribution in [0.15, 0.2) is 36.7 Å². The van der Waals surface area contributed by atoms with E-state index < -0.39 is 0 Å². The summed E-state index contributed by atoms with van der Waals surface area (Å²) in [4.78, 5) is 21.0. The molecule has 8 nitrogen and oxygen atoms in total. The zero-order valence-corrected chi connectivity index (χ0v) is 16.3. The molecule has 2 aromatic heterocycles. The smallest absolute Gasteiger partial charge is 0.260 e. The highest BCUT2D eigenvalue weighted by atomic mass is 35.5. The van der Waals surface area contributed by atoms with Gasteiger partial charge in [-0.3, -0.25) is 9.20 Å². The Morgan fingerprint density at radius 3 is 2.64 bits per heavy atom. The molecule has 1 aliphatic heterocycles. The van der Waals surface area contributed by atoms with Gasteiger partial charge in [0.25, 0.3) is 11.7 Å². The molecule has 146 valence electrons. The Hall–Kier alpha value is -2.87. The molecule has 0 spiro atoms. The van der Waals surface area contributed by atoms with Gasteiger partial charge < -0.3 is 14.5 Å². The lowest BCUT2D eigenvalue weighted by Crippen LogP contribution is -2.50. The molecule has 9 heteroatoms. The van der Waals surface area contributed by atoms with Crippen LogP contribution in [-0.4, -0.2) is 63.2 Å². The molecule has 4 rings (SSSR count). The summed E-state index contributed by atoms with van der Waals surface area (Å²) in [5, 5.41) is 8.65. The lowest BCUT2D eigenvalue weighted by Gasteiger charge is -2.35. The summed E-state index contributed by atoms with van der Waals surface area (Å²) in [5.74, 6) is 2.09. The van der Waals surface area contributed by atoms with Crippen LogP contribution in [0.4, 0.5) is 5.82 Å². The van der Waals surface area contributed by atoms with Crippen molar-refractivity contribution in [1.82, 2.24) is 24.5 Å². The Balaban J connectivity index is 1.35. The van der Waals surface area contributed by atoms with Crippen molar-refractivity contribution in [3.63, 3.8) is 0 Å². The Labute approximate surface area is 167 Å². The molecule has 0 radical (unpaired) electrons. The van der Waals surface area contributed by atoms with Crippen LogP contribution in [0, 0.1) is 0 Å². The zero-order valence-electron chi connectivity index (χ0n) is 15.6. The molecular weight excluding hydrogens is 380 g/mol. The molecule has 1 aliphatic rings. The van der Waals surface area contributed by atoms with Crippen LogP contribution in [0.2, 0.25) is 5.02 Å². The number of aromatic nitrogens is 4. The van der Waals surface area contributed by atoms with Crippen molar-refractivity contribution in [3.05, 3.63) is 47.4 Å². The molecule has 0 N–H and O–H groups in total. The summed E-state index contributed by atoms with van der Waals surface area (Å²) < 4.78 is 7.46. The first-order valence-electron chi connectivity index (χ1n) is 9.25. The molecule has 1 fully saturated rings. The van der Waals surface area contributed by atoms with Crippen LogP contribution in [0.3, 0.4) is 0 Å². The fraction of sp³-hybridized carbons (Fsp3) is 0.368. The average Bonchev–Trinajstić information content (AvgIpc) is 3.21. The third-order valence-corrected chi connectivity index (χ3v) is 5.10. The number of aryl methyl sites for hydroxylation is 1. The predicted molar refractivity (Wildman–Crippen MR) is 106 cm³/mol. The van der Waals surface area contributed by atoms with Crippen LogP contribution in [0.25, 0.3) is 5.78 Å². The number of halogens is 1. The van der Waals surface area contributed by atoms with Gasteiger partial charge in [0, 0.05) is 43.0 Å². The quantitative estimate of drug-likeness (QED) is 0.652. The third kappa shape index (κ3) is 3.87. The molecule has 0 unspecified atom stereocenters. The van der Waals surface area contributed by atoms with Crippen molar-refractivity contribution in [1.29, 1.82) is 0 Å². The molecule has 1 aromatic carbocycles. The normalized spacial score (nSPS) is 14.5. The van der Waals surface area contributed by atoms with Crippen molar-refractivity contribution in [2.24, 2.45) is 0 Å². The minimum absolute atomic E-state index is 0.0194. The monoisotopic (exact) mass is 400 g/mol. The second-order valence-electron chi connectivity index (χ2n) is 6.57. The van der Waals surface area contributed by atoms with Gasteiger partial charge in [0.05, 0.1) is 0 Å². The Kier molecular flexibility index (Phi) is 5.29. The number of ether oxygens (including phenoxy) is 1. The molecule has 3 heterocycles. The number of carbonyl (C=O) groups is 1. The van der Waals surface area contributed by atoms with Crippen molar-refractivity contribution in [3.8, 4) is 5.75 Å². The van der Waals surface area contributed by atoms with E-state index in [1.165, 1.54) is 0 Å². The minimum atomic E-state index is -0.0234. The number of fused-ring (bicyclic) bond motifs is 1. The van der Waals surface area contributed by atoms with Gasteiger partial charge in [-0.25, -0.2) is 0 Å². The summed E-state index contributed by atoms with van der Waals surface area (Å²) in [6.07, 6.45) is 2.55. The fourth-order valence-electron chi connectivity index (χ4n) is 3.25. The van der Waals surface area contributed by atoms with Gasteiger partial charge in [0.15, 0.2) is 6.61 Å². The van der Waals surface area contributed by atoms with Crippen LogP contribution in [0.1, 0.15) is 12.6 Å². The maximum Gasteiger partial charge on any atom is 0.260 e. The number of hydrogen-bond donors (Lipinski definition) is 0. The molecular formula is C19H21ClN6O2. The number of anilines is 1. The van der Waals surface area contributed by atoms with Crippen molar-refractivity contribution < 1.29 is 9.53 Å². The Morgan fingerprint density at radius 1 is 1.18 bits per heavy atom. The van der Waals surface area contributed by atoms with Gasteiger partial charge >= 0.3 is 0 Å². The predicted octanol–water partition coefficient (Wildman–Crippen LogP) is 2.07. The molecule has 0 aliphatic carbocycles. The first-order valence-corrected chi connectivity index (χ1v) is 9.62. The SMILES string of the molecule is CCc1cc(N2CCN(C(=O)COc3ccc(Cl)cc3)CC2)nc2nncn12. The standard InChI is InChI=1S/C19H21ClN6O2/c1-2-15-11-17(22-19-23-21-13-26(15)19)24-7-9-25(10-8-24)18(27)12-28-16-5-3-14(20)4-6-16/h3-6,11,13H,2,7-10,12H2,1H3. The van der Waals surface area contributed by atoms with Crippen molar-refractivity contribution in [2.45, 2.75) is 13.3 Å².